The van der Waals surface area contributed by atoms with Crippen molar-refractivity contribution in [2.24, 2.45) is 0 Å². The van der Waals surface area contributed by atoms with E-state index in [2.05, 4.69) is 13.8 Å². The van der Waals surface area contributed by atoms with Gasteiger partial charge < -0.3 is 14.6 Å². The van der Waals surface area contributed by atoms with Gasteiger partial charge in [0.2, 0.25) is 0 Å². The second-order valence-electron chi connectivity index (χ2n) is 4.64. The van der Waals surface area contributed by atoms with Gasteiger partial charge in [-0.15, -0.1) is 0 Å². The van der Waals surface area contributed by atoms with Crippen molar-refractivity contribution in [1.29, 1.82) is 0 Å². The molecule has 2 rings (SSSR count). The molecule has 0 bridgehead atoms. The van der Waals surface area contributed by atoms with Gasteiger partial charge in [0.15, 0.2) is 0 Å². The van der Waals surface area contributed by atoms with Crippen LogP contribution in [0, 0.1) is 0 Å². The Balaban J connectivity index is 2.43. The number of rotatable bonds is 3. The predicted molar refractivity (Wildman–Crippen MR) is 61.8 cm³/mol. The Morgan fingerprint density at radius 2 is 2.06 bits per heavy atom. The highest BCUT2D eigenvalue weighted by molar-refractivity contribution is 5.43. The summed E-state index contributed by atoms with van der Waals surface area (Å²) >= 11 is 0. The van der Waals surface area contributed by atoms with E-state index in [1.165, 1.54) is 5.56 Å². The fourth-order valence-electron chi connectivity index (χ4n) is 1.90. The molecule has 88 valence electrons. The topological polar surface area (TPSA) is 38.7 Å². The maximum atomic E-state index is 10.3. The second kappa shape index (κ2) is 4.07. The standard InChI is InChI=1S/C13H18O3/c1-9(2)10-4-5-12(15-3)11(6-10)13(14)7-16-8-13/h4-6,9,14H,7-8H2,1-3H3. The zero-order valence-electron chi connectivity index (χ0n) is 9.99. The van der Waals surface area contributed by atoms with Crippen LogP contribution in [0.3, 0.4) is 0 Å². The Morgan fingerprint density at radius 3 is 2.50 bits per heavy atom. The van der Waals surface area contributed by atoms with Crippen molar-refractivity contribution in [2.45, 2.75) is 25.4 Å². The normalized spacial score (nSPS) is 18.3. The highest BCUT2D eigenvalue weighted by Gasteiger charge is 2.40. The van der Waals surface area contributed by atoms with Crippen LogP contribution in [0.2, 0.25) is 0 Å². The van der Waals surface area contributed by atoms with E-state index in [-0.39, 0.29) is 0 Å². The van der Waals surface area contributed by atoms with Crippen molar-refractivity contribution in [2.75, 3.05) is 20.3 Å². The fraction of sp³-hybridized carbons (Fsp3) is 0.538. The molecule has 0 radical (unpaired) electrons. The molecule has 0 saturated carbocycles. The number of benzene rings is 1. The third kappa shape index (κ3) is 1.81. The zero-order valence-corrected chi connectivity index (χ0v) is 9.99. The van der Waals surface area contributed by atoms with Crippen LogP contribution in [-0.4, -0.2) is 25.4 Å². The molecule has 3 heteroatoms. The van der Waals surface area contributed by atoms with E-state index in [4.69, 9.17) is 9.47 Å². The lowest BCUT2D eigenvalue weighted by Crippen LogP contribution is -2.46. The van der Waals surface area contributed by atoms with E-state index < -0.39 is 5.60 Å². The Hall–Kier alpha value is -1.06. The minimum absolute atomic E-state index is 0.352. The second-order valence-corrected chi connectivity index (χ2v) is 4.64. The molecular weight excluding hydrogens is 204 g/mol. The van der Waals surface area contributed by atoms with E-state index in [1.54, 1.807) is 7.11 Å². The molecule has 0 atom stereocenters. The maximum absolute atomic E-state index is 10.3. The van der Waals surface area contributed by atoms with Gasteiger partial charge in [-0.1, -0.05) is 19.9 Å². The molecule has 16 heavy (non-hydrogen) atoms. The summed E-state index contributed by atoms with van der Waals surface area (Å²) in [5.41, 5.74) is 1.18. The van der Waals surface area contributed by atoms with E-state index in [0.29, 0.717) is 19.1 Å². The maximum Gasteiger partial charge on any atom is 0.140 e. The molecule has 0 aromatic heterocycles. The van der Waals surface area contributed by atoms with Crippen LogP contribution in [0.25, 0.3) is 0 Å². The van der Waals surface area contributed by atoms with Crippen molar-refractivity contribution in [3.05, 3.63) is 29.3 Å². The average Bonchev–Trinajstić information content (AvgIpc) is 2.25. The molecule has 0 unspecified atom stereocenters. The minimum atomic E-state index is -0.865. The van der Waals surface area contributed by atoms with Crippen LogP contribution in [0.5, 0.6) is 5.75 Å². The number of ether oxygens (including phenoxy) is 2. The minimum Gasteiger partial charge on any atom is -0.496 e. The molecule has 1 aromatic rings. The first-order valence-electron chi connectivity index (χ1n) is 5.55. The van der Waals surface area contributed by atoms with Crippen LogP contribution in [0.1, 0.15) is 30.9 Å². The van der Waals surface area contributed by atoms with Crippen LogP contribution < -0.4 is 4.74 Å². The Bertz CT molecular complexity index is 381. The molecular formula is C13H18O3. The summed E-state index contributed by atoms with van der Waals surface area (Å²) in [7, 11) is 1.62. The summed E-state index contributed by atoms with van der Waals surface area (Å²) in [6.45, 7) is 4.97. The lowest BCUT2D eigenvalue weighted by atomic mass is 9.88. The zero-order chi connectivity index (χ0) is 11.8. The van der Waals surface area contributed by atoms with Crippen molar-refractivity contribution in [1.82, 2.24) is 0 Å². The van der Waals surface area contributed by atoms with Gasteiger partial charge in [-0.05, 0) is 23.6 Å². The Morgan fingerprint density at radius 1 is 1.38 bits per heavy atom. The van der Waals surface area contributed by atoms with Gasteiger partial charge in [-0.25, -0.2) is 0 Å². The fourth-order valence-corrected chi connectivity index (χ4v) is 1.90. The summed E-state index contributed by atoms with van der Waals surface area (Å²) in [6.07, 6.45) is 0. The van der Waals surface area contributed by atoms with Crippen molar-refractivity contribution < 1.29 is 14.6 Å². The third-order valence-electron chi connectivity index (χ3n) is 3.07. The Kier molecular flexibility index (Phi) is 2.91. The first-order chi connectivity index (χ1) is 7.57. The van der Waals surface area contributed by atoms with E-state index >= 15 is 0 Å². The number of hydrogen-bond acceptors (Lipinski definition) is 3. The van der Waals surface area contributed by atoms with Crippen LogP contribution in [0.4, 0.5) is 0 Å². The quantitative estimate of drug-likeness (QED) is 0.850. The summed E-state index contributed by atoms with van der Waals surface area (Å²) in [5.74, 6) is 1.17. The van der Waals surface area contributed by atoms with Gasteiger partial charge in [0, 0.05) is 5.56 Å². The van der Waals surface area contributed by atoms with Gasteiger partial charge in [-0.2, -0.15) is 0 Å². The monoisotopic (exact) mass is 222 g/mol. The summed E-state index contributed by atoms with van der Waals surface area (Å²) in [4.78, 5) is 0. The third-order valence-corrected chi connectivity index (χ3v) is 3.07. The summed E-state index contributed by atoms with van der Waals surface area (Å²) in [5, 5.41) is 10.3. The highest BCUT2D eigenvalue weighted by Crippen LogP contribution is 2.37. The van der Waals surface area contributed by atoms with Gasteiger partial charge in [0.05, 0.1) is 20.3 Å². The van der Waals surface area contributed by atoms with Gasteiger partial charge in [-0.3, -0.25) is 0 Å². The van der Waals surface area contributed by atoms with Gasteiger partial charge >= 0.3 is 0 Å². The van der Waals surface area contributed by atoms with Crippen LogP contribution >= 0.6 is 0 Å². The van der Waals surface area contributed by atoms with Crippen molar-refractivity contribution in [3.8, 4) is 5.75 Å². The van der Waals surface area contributed by atoms with E-state index in [0.717, 1.165) is 11.3 Å². The molecule has 1 heterocycles. The largest absolute Gasteiger partial charge is 0.496 e. The van der Waals surface area contributed by atoms with Gasteiger partial charge in [0.1, 0.15) is 11.4 Å². The molecule has 1 fully saturated rings. The number of aliphatic hydroxyl groups is 1. The van der Waals surface area contributed by atoms with Gasteiger partial charge in [0.25, 0.3) is 0 Å². The van der Waals surface area contributed by atoms with E-state index in [9.17, 15) is 5.11 Å². The van der Waals surface area contributed by atoms with E-state index in [1.807, 2.05) is 18.2 Å². The van der Waals surface area contributed by atoms with Crippen molar-refractivity contribution in [3.63, 3.8) is 0 Å². The molecule has 0 spiro atoms. The summed E-state index contributed by atoms with van der Waals surface area (Å²) in [6, 6.07) is 5.98. The SMILES string of the molecule is COc1ccc(C(C)C)cc1C1(O)COC1. The molecule has 1 N–H and O–H groups in total. The van der Waals surface area contributed by atoms with Crippen LogP contribution in [-0.2, 0) is 10.3 Å². The highest BCUT2D eigenvalue weighted by atomic mass is 16.5. The summed E-state index contributed by atoms with van der Waals surface area (Å²) < 4.78 is 10.4. The molecule has 1 aromatic carbocycles. The smallest absolute Gasteiger partial charge is 0.140 e. The number of hydrogen-bond donors (Lipinski definition) is 1. The molecule has 0 amide bonds. The first kappa shape index (κ1) is 11.4. The molecule has 1 aliphatic rings. The predicted octanol–water partition coefficient (Wildman–Crippen LogP) is 2.04. The molecule has 1 aliphatic heterocycles. The molecule has 0 aliphatic carbocycles. The lowest BCUT2D eigenvalue weighted by Gasteiger charge is -2.37. The number of methoxy groups -OCH3 is 1. The lowest BCUT2D eigenvalue weighted by molar-refractivity contribution is -0.185. The molecule has 3 nitrogen and oxygen atoms in total. The van der Waals surface area contributed by atoms with Crippen LogP contribution in [0.15, 0.2) is 18.2 Å². The first-order valence-corrected chi connectivity index (χ1v) is 5.55. The Labute approximate surface area is 96.0 Å². The van der Waals surface area contributed by atoms with Crippen molar-refractivity contribution >= 4 is 0 Å². The average molecular weight is 222 g/mol. The molecule has 1 saturated heterocycles.